The minimum Gasteiger partial charge on any atom is -0.370 e. The maximum absolute atomic E-state index is 5.61. The van der Waals surface area contributed by atoms with E-state index in [-0.39, 0.29) is 11.9 Å². The summed E-state index contributed by atoms with van der Waals surface area (Å²) in [6.45, 7) is 4.31. The van der Waals surface area contributed by atoms with E-state index < -0.39 is 0 Å². The minimum absolute atomic E-state index is 0.0706. The van der Waals surface area contributed by atoms with E-state index >= 15 is 0 Å². The third-order valence-electron chi connectivity index (χ3n) is 2.10. The van der Waals surface area contributed by atoms with Crippen LogP contribution in [-0.4, -0.2) is 11.9 Å². The molecule has 1 rings (SSSR count). The highest BCUT2D eigenvalue weighted by molar-refractivity contribution is 5.93. The fourth-order valence-corrected chi connectivity index (χ4v) is 1.51. The first-order chi connectivity index (χ1) is 7.99. The third-order valence-corrected chi connectivity index (χ3v) is 2.10. The Morgan fingerprint density at radius 3 is 2.41 bits per heavy atom. The molecule has 0 fully saturated rings. The number of nitrogens with zero attached hydrogens (tertiary/aromatic N) is 2. The van der Waals surface area contributed by atoms with Gasteiger partial charge in [-0.1, -0.05) is 32.0 Å². The molecule has 0 radical (unpaired) electrons. The van der Waals surface area contributed by atoms with Gasteiger partial charge in [0.25, 0.3) is 0 Å². The molecule has 0 unspecified atom stereocenters. The van der Waals surface area contributed by atoms with Crippen molar-refractivity contribution in [1.29, 1.82) is 0 Å². The average molecular weight is 233 g/mol. The Bertz CT molecular complexity index is 430. The maximum Gasteiger partial charge on any atom is 0.223 e. The summed E-state index contributed by atoms with van der Waals surface area (Å²) >= 11 is 0. The lowest BCUT2D eigenvalue weighted by Crippen LogP contribution is -2.26. The van der Waals surface area contributed by atoms with Gasteiger partial charge in [0.2, 0.25) is 5.96 Å². The molecule has 0 aliphatic heterocycles. The molecule has 0 aliphatic carbocycles. The van der Waals surface area contributed by atoms with Gasteiger partial charge in [0.05, 0.1) is 5.69 Å². The number of rotatable bonds is 3. The van der Waals surface area contributed by atoms with Gasteiger partial charge in [0.1, 0.15) is 0 Å². The fraction of sp³-hybridized carbons (Fsp3) is 0.333. The van der Waals surface area contributed by atoms with Gasteiger partial charge in [-0.25, -0.2) is 4.99 Å². The number of aliphatic imine (C=N–C) groups is 2. The lowest BCUT2D eigenvalue weighted by molar-refractivity contribution is 0.648. The summed E-state index contributed by atoms with van der Waals surface area (Å²) in [6.07, 6.45) is 0.939. The van der Waals surface area contributed by atoms with Crippen molar-refractivity contribution in [3.05, 3.63) is 29.8 Å². The normalized spacial score (nSPS) is 11.6. The van der Waals surface area contributed by atoms with Crippen molar-refractivity contribution in [3.63, 3.8) is 0 Å². The van der Waals surface area contributed by atoms with Crippen LogP contribution in [0.5, 0.6) is 0 Å². The van der Waals surface area contributed by atoms with Crippen LogP contribution in [0.25, 0.3) is 0 Å². The standard InChI is InChI=1S/C12H19N5/c1-8(2)7-9-5-3-4-6-10(9)16-12(15)17-11(13)14/h3-6,8H,7H2,1-2H3,(H6,13,14,15,16,17). The zero-order valence-corrected chi connectivity index (χ0v) is 10.2. The number of nitrogens with two attached hydrogens (primary N) is 3. The molecule has 0 aliphatic rings. The topological polar surface area (TPSA) is 103 Å². The highest BCUT2D eigenvalue weighted by atomic mass is 15.1. The summed E-state index contributed by atoms with van der Waals surface area (Å²) in [7, 11) is 0. The fourth-order valence-electron chi connectivity index (χ4n) is 1.51. The van der Waals surface area contributed by atoms with E-state index in [4.69, 9.17) is 17.2 Å². The number of guanidine groups is 2. The zero-order chi connectivity index (χ0) is 12.8. The Morgan fingerprint density at radius 1 is 1.18 bits per heavy atom. The van der Waals surface area contributed by atoms with Crippen molar-refractivity contribution in [2.24, 2.45) is 33.1 Å². The average Bonchev–Trinajstić information content (AvgIpc) is 2.18. The number of hydrogen-bond acceptors (Lipinski definition) is 1. The van der Waals surface area contributed by atoms with E-state index in [0.717, 1.165) is 17.7 Å². The van der Waals surface area contributed by atoms with Crippen LogP contribution >= 0.6 is 0 Å². The van der Waals surface area contributed by atoms with Crippen LogP contribution in [0.4, 0.5) is 5.69 Å². The Labute approximate surface area is 101 Å². The minimum atomic E-state index is -0.0902. The van der Waals surface area contributed by atoms with Gasteiger partial charge in [0, 0.05) is 0 Å². The predicted molar refractivity (Wildman–Crippen MR) is 72.1 cm³/mol. The maximum atomic E-state index is 5.61. The number of para-hydroxylation sites is 1. The summed E-state index contributed by atoms with van der Waals surface area (Å²) in [6, 6.07) is 7.81. The summed E-state index contributed by atoms with van der Waals surface area (Å²) in [5.41, 5.74) is 18.0. The number of benzene rings is 1. The Kier molecular flexibility index (Phi) is 4.51. The highest BCUT2D eigenvalue weighted by Crippen LogP contribution is 2.21. The van der Waals surface area contributed by atoms with Crippen LogP contribution in [0.3, 0.4) is 0 Å². The van der Waals surface area contributed by atoms with E-state index in [2.05, 4.69) is 23.8 Å². The molecule has 0 saturated heterocycles. The lowest BCUT2D eigenvalue weighted by atomic mass is 10.0. The molecule has 0 spiro atoms. The Hall–Kier alpha value is -2.04. The van der Waals surface area contributed by atoms with Gasteiger partial charge in [-0.2, -0.15) is 4.99 Å². The van der Waals surface area contributed by atoms with Crippen LogP contribution in [0.15, 0.2) is 34.3 Å². The molecule has 0 atom stereocenters. The van der Waals surface area contributed by atoms with E-state index in [1.807, 2.05) is 24.3 Å². The van der Waals surface area contributed by atoms with Crippen molar-refractivity contribution in [2.75, 3.05) is 0 Å². The van der Waals surface area contributed by atoms with Crippen molar-refractivity contribution in [2.45, 2.75) is 20.3 Å². The molecule has 5 nitrogen and oxygen atoms in total. The molecular formula is C12H19N5. The molecular weight excluding hydrogens is 214 g/mol. The molecule has 0 bridgehead atoms. The van der Waals surface area contributed by atoms with Crippen LogP contribution in [0.1, 0.15) is 19.4 Å². The van der Waals surface area contributed by atoms with Crippen molar-refractivity contribution < 1.29 is 0 Å². The first-order valence-corrected chi connectivity index (χ1v) is 5.50. The summed E-state index contributed by atoms with van der Waals surface area (Å²) in [5.74, 6) is 0.532. The van der Waals surface area contributed by atoms with Gasteiger partial charge in [-0.15, -0.1) is 0 Å². The van der Waals surface area contributed by atoms with Crippen LogP contribution in [-0.2, 0) is 6.42 Å². The first-order valence-electron chi connectivity index (χ1n) is 5.50. The molecule has 0 amide bonds. The van der Waals surface area contributed by atoms with Crippen molar-refractivity contribution in [3.8, 4) is 0 Å². The Balaban J connectivity index is 3.01. The highest BCUT2D eigenvalue weighted by Gasteiger charge is 2.03. The van der Waals surface area contributed by atoms with Gasteiger partial charge >= 0.3 is 0 Å². The molecule has 0 heterocycles. The smallest absolute Gasteiger partial charge is 0.223 e. The largest absolute Gasteiger partial charge is 0.370 e. The van der Waals surface area contributed by atoms with E-state index in [1.165, 1.54) is 0 Å². The molecule has 6 N–H and O–H groups in total. The van der Waals surface area contributed by atoms with Gasteiger partial charge in [-0.3, -0.25) is 0 Å². The SMILES string of the molecule is CC(C)Cc1ccccc1N=C(N)N=C(N)N. The Morgan fingerprint density at radius 2 is 1.82 bits per heavy atom. The molecule has 92 valence electrons. The zero-order valence-electron chi connectivity index (χ0n) is 10.2. The first kappa shape index (κ1) is 13.0. The second-order valence-corrected chi connectivity index (χ2v) is 4.23. The summed E-state index contributed by atoms with van der Waals surface area (Å²) < 4.78 is 0. The predicted octanol–water partition coefficient (Wildman–Crippen LogP) is 1.10. The second-order valence-electron chi connectivity index (χ2n) is 4.23. The lowest BCUT2D eigenvalue weighted by Gasteiger charge is -2.08. The molecule has 17 heavy (non-hydrogen) atoms. The molecule has 1 aromatic carbocycles. The molecule has 0 aromatic heterocycles. The van der Waals surface area contributed by atoms with E-state index in [1.54, 1.807) is 0 Å². The van der Waals surface area contributed by atoms with Crippen LogP contribution in [0, 0.1) is 5.92 Å². The summed E-state index contributed by atoms with van der Waals surface area (Å²) in [5, 5.41) is 0. The monoisotopic (exact) mass is 233 g/mol. The molecule has 5 heteroatoms. The quantitative estimate of drug-likeness (QED) is 0.538. The van der Waals surface area contributed by atoms with E-state index in [9.17, 15) is 0 Å². The van der Waals surface area contributed by atoms with Crippen LogP contribution in [0.2, 0.25) is 0 Å². The van der Waals surface area contributed by atoms with Crippen LogP contribution < -0.4 is 17.2 Å². The second kappa shape index (κ2) is 5.89. The molecule has 1 aromatic rings. The van der Waals surface area contributed by atoms with Crippen molar-refractivity contribution in [1.82, 2.24) is 0 Å². The van der Waals surface area contributed by atoms with Gasteiger partial charge in [0.15, 0.2) is 5.96 Å². The van der Waals surface area contributed by atoms with Gasteiger partial charge < -0.3 is 17.2 Å². The van der Waals surface area contributed by atoms with E-state index in [0.29, 0.717) is 5.92 Å². The third kappa shape index (κ3) is 4.55. The summed E-state index contributed by atoms with van der Waals surface area (Å²) in [4.78, 5) is 7.89. The number of hydrogen-bond donors (Lipinski definition) is 3. The van der Waals surface area contributed by atoms with Crippen molar-refractivity contribution >= 4 is 17.6 Å². The molecule has 0 saturated carbocycles. The van der Waals surface area contributed by atoms with Gasteiger partial charge in [-0.05, 0) is 24.0 Å².